The van der Waals surface area contributed by atoms with Crippen LogP contribution in [0.5, 0.6) is 0 Å². The van der Waals surface area contributed by atoms with Gasteiger partial charge in [0, 0.05) is 38.5 Å². The number of methoxy groups -OCH3 is 1. The molecule has 3 atom stereocenters. The lowest BCUT2D eigenvalue weighted by Gasteiger charge is -2.33. The quantitative estimate of drug-likeness (QED) is 0.270. The van der Waals surface area contributed by atoms with Crippen LogP contribution in [0.3, 0.4) is 0 Å². The van der Waals surface area contributed by atoms with Gasteiger partial charge in [-0.25, -0.2) is 9.48 Å². The molecule has 1 unspecified atom stereocenters. The first kappa shape index (κ1) is 27.9. The van der Waals surface area contributed by atoms with Crippen LogP contribution in [-0.4, -0.2) is 67.4 Å². The summed E-state index contributed by atoms with van der Waals surface area (Å²) in [5, 5.41) is 4.56. The zero-order valence-corrected chi connectivity index (χ0v) is 24.3. The number of amides is 1. The number of rotatable bonds is 10. The predicted octanol–water partition coefficient (Wildman–Crippen LogP) is 6.25. The monoisotopic (exact) mass is 527 g/mol. The van der Waals surface area contributed by atoms with E-state index in [9.17, 15) is 4.79 Å². The summed E-state index contributed by atoms with van der Waals surface area (Å²) < 4.78 is 19.7. The molecule has 4 rings (SSSR count). The minimum atomic E-state index is -1.15. The third kappa shape index (κ3) is 7.24. The standard InChI is InChI=1S/C29H45N3O4Si/c1-22-19-26(27-15-16-30-31(27)21-35-17-18-37(3,4)5)28(32(22)29(33)34-2)20-36-25-13-11-24(12-14-25)23-9-7-6-8-10-23/h6-10,15-16,22,24-26,28H,11-14,17-21H2,1-5H3/t22-,24-,25+,26?,28+/m1/s1. The van der Waals surface area contributed by atoms with E-state index >= 15 is 0 Å². The molecule has 2 fully saturated rings. The van der Waals surface area contributed by atoms with Crippen LogP contribution >= 0.6 is 0 Å². The first-order valence-electron chi connectivity index (χ1n) is 13.9. The van der Waals surface area contributed by atoms with Crippen molar-refractivity contribution >= 4 is 14.2 Å². The van der Waals surface area contributed by atoms with Crippen LogP contribution in [0.25, 0.3) is 0 Å². The normalized spacial score (nSPS) is 26.4. The Bertz CT molecular complexity index is 985. The fraction of sp³-hybridized carbons (Fsp3) is 0.655. The van der Waals surface area contributed by atoms with Crippen molar-refractivity contribution in [3.8, 4) is 0 Å². The van der Waals surface area contributed by atoms with Crippen LogP contribution in [0.4, 0.5) is 4.79 Å². The summed E-state index contributed by atoms with van der Waals surface area (Å²) in [6.07, 6.45) is 7.01. The van der Waals surface area contributed by atoms with Crippen LogP contribution in [0.2, 0.25) is 25.7 Å². The Balaban J connectivity index is 1.39. The van der Waals surface area contributed by atoms with Crippen LogP contribution in [0, 0.1) is 0 Å². The first-order chi connectivity index (χ1) is 17.8. The van der Waals surface area contributed by atoms with Gasteiger partial charge in [0.15, 0.2) is 0 Å². The van der Waals surface area contributed by atoms with Crippen LogP contribution in [-0.2, 0) is 20.9 Å². The molecular weight excluding hydrogens is 482 g/mol. The SMILES string of the molecule is COC(=O)N1[C@H](C)CC(c2ccnn2COCC[Si](C)(C)C)[C@@H]1CO[C@H]1CC[C@@H](c2ccccc2)CC1. The second-order valence-electron chi connectivity index (χ2n) is 12.0. The molecule has 0 bridgehead atoms. The number of hydrogen-bond donors (Lipinski definition) is 0. The highest BCUT2D eigenvalue weighted by Crippen LogP contribution is 2.39. The van der Waals surface area contributed by atoms with Gasteiger partial charge in [0.05, 0.1) is 25.9 Å². The van der Waals surface area contributed by atoms with Gasteiger partial charge in [-0.2, -0.15) is 5.10 Å². The van der Waals surface area contributed by atoms with E-state index in [0.29, 0.717) is 19.3 Å². The molecule has 1 saturated heterocycles. The van der Waals surface area contributed by atoms with E-state index in [0.717, 1.165) is 50.4 Å². The Morgan fingerprint density at radius 1 is 1.08 bits per heavy atom. The van der Waals surface area contributed by atoms with Crippen molar-refractivity contribution in [3.63, 3.8) is 0 Å². The molecule has 1 aliphatic heterocycles. The third-order valence-corrected chi connectivity index (χ3v) is 9.77. The Hall–Kier alpha value is -2.16. The van der Waals surface area contributed by atoms with Gasteiger partial charge in [0.1, 0.15) is 6.73 Å². The molecule has 8 heteroatoms. The molecule has 204 valence electrons. The molecule has 7 nitrogen and oxygen atoms in total. The number of benzene rings is 1. The van der Waals surface area contributed by atoms with E-state index in [1.54, 1.807) is 0 Å². The number of carbonyl (C=O) groups is 1. The molecule has 2 aromatic rings. The van der Waals surface area contributed by atoms with Crippen molar-refractivity contribution in [2.75, 3.05) is 20.3 Å². The lowest BCUT2D eigenvalue weighted by molar-refractivity contribution is -0.00906. The van der Waals surface area contributed by atoms with Crippen molar-refractivity contribution in [2.45, 2.75) is 101 Å². The Kier molecular flexibility index (Phi) is 9.48. The van der Waals surface area contributed by atoms with Crippen LogP contribution < -0.4 is 0 Å². The van der Waals surface area contributed by atoms with Gasteiger partial charge < -0.3 is 14.2 Å². The number of nitrogens with zero attached hydrogens (tertiary/aromatic N) is 3. The van der Waals surface area contributed by atoms with Crippen molar-refractivity contribution < 1.29 is 19.0 Å². The average molecular weight is 528 g/mol. The fourth-order valence-electron chi connectivity index (χ4n) is 5.91. The summed E-state index contributed by atoms with van der Waals surface area (Å²) in [4.78, 5) is 14.7. The maximum Gasteiger partial charge on any atom is 0.410 e. The number of ether oxygens (including phenoxy) is 3. The van der Waals surface area contributed by atoms with E-state index in [4.69, 9.17) is 14.2 Å². The second-order valence-corrected chi connectivity index (χ2v) is 17.6. The molecule has 2 aliphatic rings. The second kappa shape index (κ2) is 12.6. The van der Waals surface area contributed by atoms with Gasteiger partial charge in [0.2, 0.25) is 0 Å². The maximum absolute atomic E-state index is 12.8. The summed E-state index contributed by atoms with van der Waals surface area (Å²) in [7, 11) is 0.315. The third-order valence-electron chi connectivity index (χ3n) is 8.06. The highest BCUT2D eigenvalue weighted by Gasteiger charge is 2.45. The zero-order chi connectivity index (χ0) is 26.4. The summed E-state index contributed by atoms with van der Waals surface area (Å²) in [5.74, 6) is 0.736. The van der Waals surface area contributed by atoms with E-state index < -0.39 is 8.07 Å². The minimum absolute atomic E-state index is 0.0658. The summed E-state index contributed by atoms with van der Waals surface area (Å²) >= 11 is 0. The fourth-order valence-corrected chi connectivity index (χ4v) is 6.67. The molecule has 0 radical (unpaired) electrons. The summed E-state index contributed by atoms with van der Waals surface area (Å²) in [6, 6.07) is 14.0. The molecule has 1 amide bonds. The van der Waals surface area contributed by atoms with Crippen LogP contribution in [0.15, 0.2) is 42.6 Å². The minimum Gasteiger partial charge on any atom is -0.453 e. The lowest BCUT2D eigenvalue weighted by atomic mass is 9.83. The molecule has 0 N–H and O–H groups in total. The summed E-state index contributed by atoms with van der Waals surface area (Å²) in [5.41, 5.74) is 2.54. The van der Waals surface area contributed by atoms with Crippen molar-refractivity contribution in [3.05, 3.63) is 53.9 Å². The predicted molar refractivity (Wildman–Crippen MR) is 149 cm³/mol. The molecule has 1 aromatic heterocycles. The topological polar surface area (TPSA) is 65.8 Å². The Morgan fingerprint density at radius 2 is 1.81 bits per heavy atom. The number of hydrogen-bond acceptors (Lipinski definition) is 5. The van der Waals surface area contributed by atoms with Gasteiger partial charge in [-0.15, -0.1) is 0 Å². The Labute approximate surface area is 223 Å². The smallest absolute Gasteiger partial charge is 0.410 e. The van der Waals surface area contributed by atoms with E-state index in [1.165, 1.54) is 12.7 Å². The highest BCUT2D eigenvalue weighted by molar-refractivity contribution is 6.76. The van der Waals surface area contributed by atoms with Crippen molar-refractivity contribution in [2.24, 2.45) is 0 Å². The molecule has 2 heterocycles. The first-order valence-corrected chi connectivity index (χ1v) is 17.6. The molecule has 1 aromatic carbocycles. The molecule has 37 heavy (non-hydrogen) atoms. The summed E-state index contributed by atoms with van der Waals surface area (Å²) in [6.45, 7) is 10.9. The molecule has 1 aliphatic carbocycles. The van der Waals surface area contributed by atoms with E-state index in [-0.39, 0.29) is 30.2 Å². The van der Waals surface area contributed by atoms with Gasteiger partial charge in [0.25, 0.3) is 0 Å². The van der Waals surface area contributed by atoms with Gasteiger partial charge >= 0.3 is 6.09 Å². The number of aromatic nitrogens is 2. The van der Waals surface area contributed by atoms with Gasteiger partial charge in [-0.1, -0.05) is 50.0 Å². The van der Waals surface area contributed by atoms with Crippen LogP contribution in [0.1, 0.15) is 62.1 Å². The zero-order valence-electron chi connectivity index (χ0n) is 23.3. The number of carbonyl (C=O) groups excluding carboxylic acids is 1. The maximum atomic E-state index is 12.8. The van der Waals surface area contributed by atoms with Gasteiger partial charge in [-0.3, -0.25) is 4.90 Å². The van der Waals surface area contributed by atoms with Gasteiger partial charge in [-0.05, 0) is 62.6 Å². The largest absolute Gasteiger partial charge is 0.453 e. The lowest BCUT2D eigenvalue weighted by Crippen LogP contribution is -2.44. The highest BCUT2D eigenvalue weighted by atomic mass is 28.3. The molecule has 1 saturated carbocycles. The van der Waals surface area contributed by atoms with Crippen molar-refractivity contribution in [1.29, 1.82) is 0 Å². The van der Waals surface area contributed by atoms with E-state index in [1.807, 2.05) is 15.8 Å². The molecule has 0 spiro atoms. The Morgan fingerprint density at radius 3 is 2.49 bits per heavy atom. The molecular formula is C29H45N3O4Si. The number of likely N-dealkylation sites (tertiary alicyclic amines) is 1. The van der Waals surface area contributed by atoms with E-state index in [2.05, 4.69) is 68.1 Å². The van der Waals surface area contributed by atoms with Crippen molar-refractivity contribution in [1.82, 2.24) is 14.7 Å². The average Bonchev–Trinajstić information content (AvgIpc) is 3.48.